The smallest absolute Gasteiger partial charge is 0.240 e. The van der Waals surface area contributed by atoms with Crippen molar-refractivity contribution in [1.29, 1.82) is 0 Å². The fraction of sp³-hybridized carbons (Fsp3) is 0.393. The van der Waals surface area contributed by atoms with E-state index in [0.29, 0.717) is 11.5 Å². The minimum absolute atomic E-state index is 0.0834. The normalized spacial score (nSPS) is 18.1. The van der Waals surface area contributed by atoms with E-state index in [0.717, 1.165) is 35.2 Å². The number of aryl methyl sites for hydroxylation is 1. The van der Waals surface area contributed by atoms with Crippen molar-refractivity contribution in [3.63, 3.8) is 0 Å². The number of hydrogen-bond acceptors (Lipinski definition) is 4. The monoisotopic (exact) mass is 506 g/mol. The molecule has 2 amide bonds. The molecule has 0 unspecified atom stereocenters. The van der Waals surface area contributed by atoms with Crippen molar-refractivity contribution in [3.8, 4) is 5.69 Å². The molecule has 0 saturated heterocycles. The van der Waals surface area contributed by atoms with Crippen molar-refractivity contribution in [2.24, 2.45) is 0 Å². The van der Waals surface area contributed by atoms with Crippen LogP contribution in [-0.2, 0) is 15.0 Å². The van der Waals surface area contributed by atoms with Gasteiger partial charge in [-0.2, -0.15) is 5.10 Å². The third-order valence-corrected chi connectivity index (χ3v) is 7.71. The van der Waals surface area contributed by atoms with Crippen LogP contribution < -0.4 is 10.2 Å². The Morgan fingerprint density at radius 2 is 1.89 bits per heavy atom. The first-order valence-corrected chi connectivity index (χ1v) is 13.3. The molecule has 6 nitrogen and oxygen atoms in total. The first kappa shape index (κ1) is 24.6. The second-order valence-corrected chi connectivity index (χ2v) is 11.7. The third kappa shape index (κ3) is 4.91. The Labute approximate surface area is 215 Å². The van der Waals surface area contributed by atoms with Gasteiger partial charge in [-0.25, -0.2) is 9.07 Å². The Kier molecular flexibility index (Phi) is 6.41. The van der Waals surface area contributed by atoms with E-state index in [1.54, 1.807) is 33.5 Å². The maximum atomic E-state index is 13.8. The molecule has 0 spiro atoms. The van der Waals surface area contributed by atoms with Gasteiger partial charge < -0.3 is 5.32 Å². The van der Waals surface area contributed by atoms with Crippen molar-refractivity contribution >= 4 is 29.4 Å². The predicted octanol–water partition coefficient (Wildman–Crippen LogP) is 5.07. The summed E-state index contributed by atoms with van der Waals surface area (Å²) in [5.74, 6) is 0.139. The molecule has 2 heterocycles. The summed E-state index contributed by atoms with van der Waals surface area (Å²) in [7, 11) is 0. The first-order chi connectivity index (χ1) is 17.1. The van der Waals surface area contributed by atoms with E-state index >= 15 is 0 Å². The van der Waals surface area contributed by atoms with Gasteiger partial charge in [0.25, 0.3) is 0 Å². The molecule has 1 aromatic heterocycles. The first-order valence-electron chi connectivity index (χ1n) is 12.3. The molecule has 2 aliphatic rings. The molecule has 1 N–H and O–H groups in total. The van der Waals surface area contributed by atoms with Gasteiger partial charge in [0.05, 0.1) is 22.4 Å². The molecule has 2 aromatic carbocycles. The maximum Gasteiger partial charge on any atom is 0.240 e. The number of nitrogens with one attached hydrogen (secondary N) is 1. The Hall–Kier alpha value is -3.13. The molecule has 188 valence electrons. The Bertz CT molecular complexity index is 1310. The molecule has 1 saturated carbocycles. The van der Waals surface area contributed by atoms with E-state index in [1.165, 1.54) is 12.1 Å². The van der Waals surface area contributed by atoms with Gasteiger partial charge in [0, 0.05) is 17.0 Å². The number of nitrogens with zero attached hydrogens (tertiary/aromatic N) is 3. The summed E-state index contributed by atoms with van der Waals surface area (Å²) >= 11 is 1.56. The maximum absolute atomic E-state index is 13.8. The van der Waals surface area contributed by atoms with Gasteiger partial charge in [0.2, 0.25) is 11.8 Å². The zero-order chi connectivity index (χ0) is 25.6. The Morgan fingerprint density at radius 1 is 1.17 bits per heavy atom. The second kappa shape index (κ2) is 9.39. The standard InChI is InChI=1S/C28H31FN4O2S/c1-17-6-5-7-18(14-17)25-24-26(28(2,3)4)31-33(21-12-8-19(29)9-13-21)27(24)32(23(35)16-36-25)15-22(34)30-20-10-11-20/h5-9,12-14,20,25H,10-11,15-16H2,1-4H3,(H,30,34)/t25-/m1/s1. The summed E-state index contributed by atoms with van der Waals surface area (Å²) in [4.78, 5) is 28.1. The molecule has 36 heavy (non-hydrogen) atoms. The number of hydrogen-bond donors (Lipinski definition) is 1. The van der Waals surface area contributed by atoms with Crippen molar-refractivity contribution in [1.82, 2.24) is 15.1 Å². The Balaban J connectivity index is 1.74. The van der Waals surface area contributed by atoms with Gasteiger partial charge >= 0.3 is 0 Å². The predicted molar refractivity (Wildman–Crippen MR) is 141 cm³/mol. The van der Waals surface area contributed by atoms with Crippen LogP contribution in [-0.4, -0.2) is 39.9 Å². The molecular formula is C28H31FN4O2S. The lowest BCUT2D eigenvalue weighted by molar-refractivity contribution is -0.123. The minimum atomic E-state index is -0.349. The average molecular weight is 507 g/mol. The van der Waals surface area contributed by atoms with E-state index in [4.69, 9.17) is 5.10 Å². The Morgan fingerprint density at radius 3 is 2.53 bits per heavy atom. The lowest BCUT2D eigenvalue weighted by Gasteiger charge is -2.24. The SMILES string of the molecule is Cc1cccc([C@H]2SCC(=O)N(CC(=O)NC3CC3)c3c2c(C(C)(C)C)nn3-c2ccc(F)cc2)c1. The molecule has 1 fully saturated rings. The number of benzene rings is 2. The number of carbonyl (C=O) groups is 2. The van der Waals surface area contributed by atoms with Gasteiger partial charge in [0.15, 0.2) is 0 Å². The minimum Gasteiger partial charge on any atom is -0.352 e. The fourth-order valence-electron chi connectivity index (χ4n) is 4.58. The number of carbonyl (C=O) groups excluding carboxylic acids is 2. The summed E-state index contributed by atoms with van der Waals surface area (Å²) < 4.78 is 15.5. The van der Waals surface area contributed by atoms with Crippen molar-refractivity contribution < 1.29 is 14.0 Å². The highest BCUT2D eigenvalue weighted by atomic mass is 32.2. The summed E-state index contributed by atoms with van der Waals surface area (Å²) in [5, 5.41) is 7.88. The second-order valence-electron chi connectivity index (χ2n) is 10.7. The number of rotatable bonds is 5. The van der Waals surface area contributed by atoms with Crippen LogP contribution in [0.25, 0.3) is 5.69 Å². The van der Waals surface area contributed by atoms with E-state index in [-0.39, 0.29) is 46.6 Å². The number of halogens is 1. The van der Waals surface area contributed by atoms with Crippen LogP contribution in [0.1, 0.15) is 61.2 Å². The van der Waals surface area contributed by atoms with Crippen LogP contribution in [0.4, 0.5) is 10.2 Å². The summed E-state index contributed by atoms with van der Waals surface area (Å²) in [5.41, 5.74) is 4.29. The molecular weight excluding hydrogens is 475 g/mol. The number of anilines is 1. The van der Waals surface area contributed by atoms with Crippen LogP contribution in [0.5, 0.6) is 0 Å². The molecule has 1 aliphatic heterocycles. The van der Waals surface area contributed by atoms with Gasteiger partial charge in [-0.05, 0) is 49.6 Å². The largest absolute Gasteiger partial charge is 0.352 e. The lowest BCUT2D eigenvalue weighted by Crippen LogP contribution is -2.43. The lowest BCUT2D eigenvalue weighted by atomic mass is 9.87. The zero-order valence-electron chi connectivity index (χ0n) is 21.0. The molecule has 8 heteroatoms. The van der Waals surface area contributed by atoms with Crippen LogP contribution in [0.3, 0.4) is 0 Å². The van der Waals surface area contributed by atoms with E-state index in [2.05, 4.69) is 51.2 Å². The highest BCUT2D eigenvalue weighted by Gasteiger charge is 2.40. The van der Waals surface area contributed by atoms with E-state index in [1.807, 2.05) is 6.07 Å². The van der Waals surface area contributed by atoms with Crippen LogP contribution >= 0.6 is 11.8 Å². The van der Waals surface area contributed by atoms with Crippen LogP contribution in [0.15, 0.2) is 48.5 Å². The molecule has 1 atom stereocenters. The number of aromatic nitrogens is 2. The fourth-order valence-corrected chi connectivity index (χ4v) is 5.76. The third-order valence-electron chi connectivity index (χ3n) is 6.46. The van der Waals surface area contributed by atoms with Crippen molar-refractivity contribution in [2.75, 3.05) is 17.2 Å². The van der Waals surface area contributed by atoms with Gasteiger partial charge in [0.1, 0.15) is 18.2 Å². The number of thioether (sulfide) groups is 1. The highest BCUT2D eigenvalue weighted by molar-refractivity contribution is 8.00. The quantitative estimate of drug-likeness (QED) is 0.525. The van der Waals surface area contributed by atoms with E-state index < -0.39 is 0 Å². The average Bonchev–Trinajstić information content (AvgIpc) is 3.56. The molecule has 3 aromatic rings. The summed E-state index contributed by atoms with van der Waals surface area (Å²) in [6, 6.07) is 14.6. The van der Waals surface area contributed by atoms with E-state index in [9.17, 15) is 14.0 Å². The zero-order valence-corrected chi connectivity index (χ0v) is 21.9. The van der Waals surface area contributed by atoms with Crippen LogP contribution in [0.2, 0.25) is 0 Å². The van der Waals surface area contributed by atoms with Gasteiger partial charge in [-0.1, -0.05) is 50.6 Å². The van der Waals surface area contributed by atoms with Crippen molar-refractivity contribution in [2.45, 2.75) is 57.2 Å². The highest BCUT2D eigenvalue weighted by Crippen LogP contribution is 2.48. The summed E-state index contributed by atoms with van der Waals surface area (Å²) in [6.07, 6.45) is 1.94. The van der Waals surface area contributed by atoms with Crippen molar-refractivity contribution in [3.05, 3.63) is 76.7 Å². The summed E-state index contributed by atoms with van der Waals surface area (Å²) in [6.45, 7) is 8.26. The van der Waals surface area contributed by atoms with Gasteiger partial charge in [-0.15, -0.1) is 11.8 Å². The number of fused-ring (bicyclic) bond motifs is 1. The molecule has 0 bridgehead atoms. The molecule has 1 aliphatic carbocycles. The topological polar surface area (TPSA) is 67.2 Å². The molecule has 0 radical (unpaired) electrons. The van der Waals surface area contributed by atoms with Gasteiger partial charge in [-0.3, -0.25) is 14.5 Å². The van der Waals surface area contributed by atoms with Crippen LogP contribution in [0, 0.1) is 12.7 Å². The molecule has 5 rings (SSSR count). The number of amides is 2.